The van der Waals surface area contributed by atoms with E-state index < -0.39 is 0 Å². The first-order valence-electron chi connectivity index (χ1n) is 8.92. The summed E-state index contributed by atoms with van der Waals surface area (Å²) in [6, 6.07) is 10.6. The lowest BCUT2D eigenvalue weighted by Crippen LogP contribution is -2.44. The Hall–Kier alpha value is -1.75. The summed E-state index contributed by atoms with van der Waals surface area (Å²) in [5, 5.41) is 1.48. The zero-order chi connectivity index (χ0) is 18.1. The highest BCUT2D eigenvalue weighted by molar-refractivity contribution is 6.31. The molecular weight excluding hydrogens is 367 g/mol. The number of hydrogen-bond donors (Lipinski definition) is 0. The molecule has 0 N–H and O–H groups in total. The van der Waals surface area contributed by atoms with Crippen LogP contribution >= 0.6 is 23.2 Å². The molecule has 1 aromatic heterocycles. The molecular formula is C20H22Cl2N4. The van der Waals surface area contributed by atoms with Crippen LogP contribution in [0.25, 0.3) is 0 Å². The number of anilines is 2. The van der Waals surface area contributed by atoms with Crippen LogP contribution in [0, 0.1) is 0 Å². The van der Waals surface area contributed by atoms with Gasteiger partial charge in [0.05, 0.1) is 10.7 Å². The summed E-state index contributed by atoms with van der Waals surface area (Å²) >= 11 is 12.2. The van der Waals surface area contributed by atoms with E-state index in [1.54, 1.807) is 6.20 Å². The maximum absolute atomic E-state index is 6.13. The van der Waals surface area contributed by atoms with Gasteiger partial charge in [-0.15, -0.1) is 0 Å². The average Bonchev–Trinajstić information content (AvgIpc) is 2.63. The van der Waals surface area contributed by atoms with E-state index in [1.807, 2.05) is 25.2 Å². The number of rotatable bonds is 3. The van der Waals surface area contributed by atoms with Crippen molar-refractivity contribution in [3.05, 3.63) is 64.5 Å². The van der Waals surface area contributed by atoms with Crippen molar-refractivity contribution in [2.45, 2.75) is 25.4 Å². The Bertz CT molecular complexity index is 815. The highest BCUT2D eigenvalue weighted by Crippen LogP contribution is 2.35. The van der Waals surface area contributed by atoms with Crippen LogP contribution in [-0.2, 0) is 6.54 Å². The highest BCUT2D eigenvalue weighted by atomic mass is 35.5. The maximum atomic E-state index is 6.13. The molecule has 2 aliphatic rings. The predicted molar refractivity (Wildman–Crippen MR) is 109 cm³/mol. The molecule has 0 spiro atoms. The number of nitrogens with zero attached hydrogens (tertiary/aromatic N) is 4. The second kappa shape index (κ2) is 7.47. The van der Waals surface area contributed by atoms with Crippen molar-refractivity contribution in [1.82, 2.24) is 9.88 Å². The lowest BCUT2D eigenvalue weighted by Gasteiger charge is -2.40. The Kier molecular flexibility index (Phi) is 5.07. The Morgan fingerprint density at radius 2 is 1.88 bits per heavy atom. The third-order valence-electron chi connectivity index (χ3n) is 5.14. The Labute approximate surface area is 164 Å². The minimum Gasteiger partial charge on any atom is -0.347 e. The number of fused-ring (bicyclic) bond motifs is 1. The van der Waals surface area contributed by atoms with Gasteiger partial charge in [-0.2, -0.15) is 0 Å². The molecule has 6 heteroatoms. The maximum Gasteiger partial charge on any atom is 0.156 e. The molecule has 2 aliphatic heterocycles. The van der Waals surface area contributed by atoms with Gasteiger partial charge in [-0.1, -0.05) is 35.3 Å². The minimum atomic E-state index is 0.461. The van der Waals surface area contributed by atoms with Gasteiger partial charge in [0, 0.05) is 56.3 Å². The van der Waals surface area contributed by atoms with Gasteiger partial charge in [0.1, 0.15) is 0 Å². The minimum absolute atomic E-state index is 0.461. The van der Waals surface area contributed by atoms with Crippen molar-refractivity contribution in [2.24, 2.45) is 0 Å². The van der Waals surface area contributed by atoms with Crippen LogP contribution in [0.15, 0.2) is 48.9 Å². The van der Waals surface area contributed by atoms with Gasteiger partial charge in [0.25, 0.3) is 0 Å². The van der Waals surface area contributed by atoms with Crippen LogP contribution in [0.2, 0.25) is 10.0 Å². The topological polar surface area (TPSA) is 22.6 Å². The van der Waals surface area contributed by atoms with Crippen LogP contribution < -0.4 is 9.80 Å². The predicted octanol–water partition coefficient (Wildman–Crippen LogP) is 4.78. The number of halogens is 2. The van der Waals surface area contributed by atoms with E-state index in [9.17, 15) is 0 Å². The fourth-order valence-corrected chi connectivity index (χ4v) is 4.11. The summed E-state index contributed by atoms with van der Waals surface area (Å²) in [6.07, 6.45) is 8.17. The van der Waals surface area contributed by atoms with E-state index in [-0.39, 0.29) is 0 Å². The fraction of sp³-hybridized carbons (Fsp3) is 0.350. The van der Waals surface area contributed by atoms with Crippen molar-refractivity contribution in [3.8, 4) is 0 Å². The second-order valence-corrected chi connectivity index (χ2v) is 7.82. The quantitative estimate of drug-likeness (QED) is 0.754. The molecule has 2 aromatic rings. The van der Waals surface area contributed by atoms with E-state index in [2.05, 4.69) is 44.2 Å². The summed E-state index contributed by atoms with van der Waals surface area (Å²) in [5.74, 6) is 0.993. The molecule has 26 heavy (non-hydrogen) atoms. The second-order valence-electron chi connectivity index (χ2n) is 6.95. The van der Waals surface area contributed by atoms with Crippen molar-refractivity contribution in [1.29, 1.82) is 0 Å². The Morgan fingerprint density at radius 3 is 2.65 bits per heavy atom. The van der Waals surface area contributed by atoms with Gasteiger partial charge >= 0.3 is 0 Å². The normalized spacial score (nSPS) is 18.3. The zero-order valence-electron chi connectivity index (χ0n) is 14.8. The zero-order valence-corrected chi connectivity index (χ0v) is 16.3. The molecule has 136 valence electrons. The first-order chi connectivity index (χ1) is 12.6. The molecule has 3 heterocycles. The molecule has 4 nitrogen and oxygen atoms in total. The van der Waals surface area contributed by atoms with E-state index >= 15 is 0 Å². The van der Waals surface area contributed by atoms with Gasteiger partial charge < -0.3 is 9.80 Å². The average molecular weight is 389 g/mol. The van der Waals surface area contributed by atoms with Crippen molar-refractivity contribution >= 4 is 34.7 Å². The van der Waals surface area contributed by atoms with E-state index in [0.29, 0.717) is 11.1 Å². The number of hydrogen-bond acceptors (Lipinski definition) is 4. The third kappa shape index (κ3) is 3.68. The van der Waals surface area contributed by atoms with Gasteiger partial charge in [0.2, 0.25) is 0 Å². The van der Waals surface area contributed by atoms with Gasteiger partial charge in [-0.3, -0.25) is 4.90 Å². The molecule has 1 saturated heterocycles. The summed E-state index contributed by atoms with van der Waals surface area (Å²) in [5.41, 5.74) is 2.33. The van der Waals surface area contributed by atoms with Gasteiger partial charge in [0.15, 0.2) is 5.82 Å². The van der Waals surface area contributed by atoms with Crippen molar-refractivity contribution < 1.29 is 0 Å². The van der Waals surface area contributed by atoms with Crippen LogP contribution in [0.5, 0.6) is 0 Å². The smallest absolute Gasteiger partial charge is 0.156 e. The number of likely N-dealkylation sites (tertiary alicyclic amines) is 1. The number of pyridine rings is 1. The monoisotopic (exact) mass is 388 g/mol. The molecule has 0 bridgehead atoms. The fourth-order valence-electron chi connectivity index (χ4n) is 3.75. The molecule has 0 saturated carbocycles. The first-order valence-corrected chi connectivity index (χ1v) is 9.67. The Balaban J connectivity index is 1.43. The largest absolute Gasteiger partial charge is 0.347 e. The highest BCUT2D eigenvalue weighted by Gasteiger charge is 2.28. The third-order valence-corrected chi connectivity index (χ3v) is 5.58. The molecule has 1 fully saturated rings. The van der Waals surface area contributed by atoms with Crippen molar-refractivity contribution in [2.75, 3.05) is 29.9 Å². The number of benzene rings is 1. The number of piperidine rings is 1. The van der Waals surface area contributed by atoms with Gasteiger partial charge in [-0.25, -0.2) is 4.98 Å². The molecule has 1 aromatic carbocycles. The van der Waals surface area contributed by atoms with Crippen LogP contribution in [0.1, 0.15) is 18.4 Å². The van der Waals surface area contributed by atoms with E-state index in [4.69, 9.17) is 23.2 Å². The summed E-state index contributed by atoms with van der Waals surface area (Å²) in [4.78, 5) is 11.5. The van der Waals surface area contributed by atoms with E-state index in [0.717, 1.165) is 49.0 Å². The molecule has 0 amide bonds. The number of aromatic nitrogens is 1. The lowest BCUT2D eigenvalue weighted by molar-refractivity contribution is 0.204. The summed E-state index contributed by atoms with van der Waals surface area (Å²) in [6.45, 7) is 3.09. The van der Waals surface area contributed by atoms with Crippen molar-refractivity contribution in [3.63, 3.8) is 0 Å². The first kappa shape index (κ1) is 17.7. The summed E-state index contributed by atoms with van der Waals surface area (Å²) < 4.78 is 0. The SMILES string of the molecule is CN1C=CN(C2CCN(Cc3cccc(Cl)c3)CC2)c2ncc(Cl)cc21. The van der Waals surface area contributed by atoms with Crippen LogP contribution in [-0.4, -0.2) is 36.1 Å². The van der Waals surface area contributed by atoms with Crippen LogP contribution in [0.4, 0.5) is 11.5 Å². The summed E-state index contributed by atoms with van der Waals surface area (Å²) in [7, 11) is 2.03. The van der Waals surface area contributed by atoms with Gasteiger partial charge in [-0.05, 0) is 36.6 Å². The molecule has 4 rings (SSSR count). The molecule has 0 atom stereocenters. The molecule has 0 radical (unpaired) electrons. The standard InChI is InChI=1S/C20H22Cl2N4/c1-24-9-10-26(20-19(24)12-17(22)13-23-20)18-5-7-25(8-6-18)14-15-3-2-4-16(21)11-15/h2-4,9-13,18H,5-8,14H2,1H3. The van der Waals surface area contributed by atoms with E-state index in [1.165, 1.54) is 5.56 Å². The molecule has 0 unspecified atom stereocenters. The molecule has 0 aliphatic carbocycles. The van der Waals surface area contributed by atoms with Crippen LogP contribution in [0.3, 0.4) is 0 Å². The Morgan fingerprint density at radius 1 is 1.08 bits per heavy atom. The lowest BCUT2D eigenvalue weighted by atomic mass is 10.0.